The molecular formula is C10H5N5. The molecule has 0 saturated heterocycles. The van der Waals surface area contributed by atoms with Gasteiger partial charge in [0.1, 0.15) is 17.7 Å². The third-order valence-electron chi connectivity index (χ3n) is 1.61. The normalized spacial score (nSPS) is 7.87. The number of benzene rings is 1. The van der Waals surface area contributed by atoms with Crippen LogP contribution in [0.4, 0.5) is 5.69 Å². The SMILES string of the molecule is N#CC(C#N)=Cc1ccc(N=[N+]=[N-])cc1. The first-order valence-electron chi connectivity index (χ1n) is 3.97. The Morgan fingerprint density at radius 1 is 1.27 bits per heavy atom. The Morgan fingerprint density at radius 3 is 2.33 bits per heavy atom. The average Bonchev–Trinajstić information content (AvgIpc) is 2.28. The van der Waals surface area contributed by atoms with Crippen LogP contribution in [-0.4, -0.2) is 0 Å². The van der Waals surface area contributed by atoms with E-state index >= 15 is 0 Å². The van der Waals surface area contributed by atoms with Crippen molar-refractivity contribution < 1.29 is 0 Å². The van der Waals surface area contributed by atoms with E-state index in [-0.39, 0.29) is 5.57 Å². The lowest BCUT2D eigenvalue weighted by Crippen LogP contribution is -1.74. The van der Waals surface area contributed by atoms with Gasteiger partial charge in [-0.2, -0.15) is 10.5 Å². The monoisotopic (exact) mass is 195 g/mol. The molecule has 0 fully saturated rings. The highest BCUT2D eigenvalue weighted by molar-refractivity contribution is 5.63. The van der Waals surface area contributed by atoms with Crippen LogP contribution in [0.5, 0.6) is 0 Å². The van der Waals surface area contributed by atoms with Crippen molar-refractivity contribution in [2.24, 2.45) is 5.11 Å². The van der Waals surface area contributed by atoms with E-state index in [0.717, 1.165) is 0 Å². The van der Waals surface area contributed by atoms with Crippen LogP contribution in [0.15, 0.2) is 35.0 Å². The maximum Gasteiger partial charge on any atom is 0.130 e. The molecule has 0 atom stereocenters. The van der Waals surface area contributed by atoms with Gasteiger partial charge in [0.2, 0.25) is 0 Å². The maximum atomic E-state index is 8.52. The van der Waals surface area contributed by atoms with Gasteiger partial charge in [-0.25, -0.2) is 0 Å². The van der Waals surface area contributed by atoms with Crippen LogP contribution in [0, 0.1) is 22.7 Å². The molecule has 0 unspecified atom stereocenters. The molecule has 5 heteroatoms. The molecule has 5 nitrogen and oxygen atoms in total. The minimum Gasteiger partial charge on any atom is -0.192 e. The van der Waals surface area contributed by atoms with E-state index in [1.165, 1.54) is 6.08 Å². The number of rotatable bonds is 2. The first kappa shape index (κ1) is 10.3. The van der Waals surface area contributed by atoms with Crippen LogP contribution in [0.3, 0.4) is 0 Å². The number of nitriles is 2. The zero-order valence-electron chi connectivity index (χ0n) is 7.62. The number of allylic oxidation sites excluding steroid dienone is 1. The molecule has 0 bridgehead atoms. The summed E-state index contributed by atoms with van der Waals surface area (Å²) in [5, 5.41) is 20.4. The van der Waals surface area contributed by atoms with Gasteiger partial charge in [-0.1, -0.05) is 29.4 Å². The first-order valence-corrected chi connectivity index (χ1v) is 3.97. The highest BCUT2D eigenvalue weighted by atomic mass is 15.1. The van der Waals surface area contributed by atoms with E-state index in [2.05, 4.69) is 10.0 Å². The summed E-state index contributed by atoms with van der Waals surface area (Å²) < 4.78 is 0. The van der Waals surface area contributed by atoms with Crippen molar-refractivity contribution in [3.05, 3.63) is 45.8 Å². The van der Waals surface area contributed by atoms with Crippen LogP contribution in [0.1, 0.15) is 5.56 Å². The summed E-state index contributed by atoms with van der Waals surface area (Å²) in [6, 6.07) is 10.1. The molecular weight excluding hydrogens is 190 g/mol. The lowest BCUT2D eigenvalue weighted by Gasteiger charge is -1.93. The molecule has 0 spiro atoms. The molecule has 70 valence electrons. The molecule has 0 saturated carbocycles. The molecule has 0 radical (unpaired) electrons. The molecule has 0 aliphatic carbocycles. The second-order valence-corrected chi connectivity index (χ2v) is 2.56. The molecule has 0 aliphatic rings. The molecule has 1 rings (SSSR count). The quantitative estimate of drug-likeness (QED) is 0.313. The van der Waals surface area contributed by atoms with Gasteiger partial charge < -0.3 is 0 Å². The summed E-state index contributed by atoms with van der Waals surface area (Å²) >= 11 is 0. The van der Waals surface area contributed by atoms with Crippen LogP contribution in [0.25, 0.3) is 16.5 Å². The summed E-state index contributed by atoms with van der Waals surface area (Å²) in [4.78, 5) is 2.63. The lowest BCUT2D eigenvalue weighted by molar-refractivity contribution is 1.46. The summed E-state index contributed by atoms with van der Waals surface area (Å²) in [5.41, 5.74) is 9.41. The van der Waals surface area contributed by atoms with Crippen LogP contribution < -0.4 is 0 Å². The Labute approximate surface area is 86.1 Å². The third-order valence-corrected chi connectivity index (χ3v) is 1.61. The van der Waals surface area contributed by atoms with Crippen molar-refractivity contribution in [1.29, 1.82) is 10.5 Å². The van der Waals surface area contributed by atoms with Gasteiger partial charge in [-0.05, 0) is 17.2 Å². The van der Waals surface area contributed by atoms with E-state index in [1.54, 1.807) is 36.4 Å². The van der Waals surface area contributed by atoms with Gasteiger partial charge in [0.05, 0.1) is 0 Å². The van der Waals surface area contributed by atoms with Crippen molar-refractivity contribution in [1.82, 2.24) is 0 Å². The molecule has 1 aromatic carbocycles. The van der Waals surface area contributed by atoms with E-state index in [4.69, 9.17) is 16.1 Å². The summed E-state index contributed by atoms with van der Waals surface area (Å²) in [7, 11) is 0. The fourth-order valence-electron chi connectivity index (χ4n) is 0.945. The van der Waals surface area contributed by atoms with Crippen molar-refractivity contribution in [3.8, 4) is 12.1 Å². The standard InChI is InChI=1S/C10H5N5/c11-6-9(7-12)5-8-1-3-10(4-2-8)14-15-13/h1-5H. The topological polar surface area (TPSA) is 96.3 Å². The second-order valence-electron chi connectivity index (χ2n) is 2.56. The van der Waals surface area contributed by atoms with Gasteiger partial charge in [-0.3, -0.25) is 0 Å². The van der Waals surface area contributed by atoms with Crippen LogP contribution >= 0.6 is 0 Å². The van der Waals surface area contributed by atoms with Crippen molar-refractivity contribution in [3.63, 3.8) is 0 Å². The largest absolute Gasteiger partial charge is 0.192 e. The summed E-state index contributed by atoms with van der Waals surface area (Å²) in [5.74, 6) is 0. The number of hydrogen-bond donors (Lipinski definition) is 0. The zero-order valence-corrected chi connectivity index (χ0v) is 7.62. The molecule has 0 heterocycles. The Morgan fingerprint density at radius 2 is 1.87 bits per heavy atom. The van der Waals surface area contributed by atoms with E-state index in [0.29, 0.717) is 11.3 Å². The summed E-state index contributed by atoms with van der Waals surface area (Å²) in [6.07, 6.45) is 1.46. The molecule has 0 aromatic heterocycles. The maximum absolute atomic E-state index is 8.52. The van der Waals surface area contributed by atoms with Gasteiger partial charge in [0.25, 0.3) is 0 Å². The Bertz CT molecular complexity index is 490. The number of hydrogen-bond acceptors (Lipinski definition) is 3. The highest BCUT2D eigenvalue weighted by Gasteiger charge is 1.93. The molecule has 0 amide bonds. The molecule has 0 N–H and O–H groups in total. The van der Waals surface area contributed by atoms with E-state index in [1.807, 2.05) is 0 Å². The lowest BCUT2D eigenvalue weighted by atomic mass is 10.1. The highest BCUT2D eigenvalue weighted by Crippen LogP contribution is 2.14. The third kappa shape index (κ3) is 2.89. The van der Waals surface area contributed by atoms with Gasteiger partial charge in [0, 0.05) is 10.6 Å². The Balaban J connectivity index is 3.01. The van der Waals surface area contributed by atoms with E-state index < -0.39 is 0 Å². The van der Waals surface area contributed by atoms with Gasteiger partial charge >= 0.3 is 0 Å². The predicted octanol–water partition coefficient (Wildman–Crippen LogP) is 3.06. The zero-order chi connectivity index (χ0) is 11.1. The van der Waals surface area contributed by atoms with Crippen molar-refractivity contribution >= 4 is 11.8 Å². The smallest absolute Gasteiger partial charge is 0.130 e. The first-order chi connectivity index (χ1) is 7.30. The minimum atomic E-state index is 0.0338. The number of azide groups is 1. The number of nitrogens with zero attached hydrogens (tertiary/aromatic N) is 5. The fourth-order valence-corrected chi connectivity index (χ4v) is 0.945. The Hall–Kier alpha value is -2.75. The molecule has 15 heavy (non-hydrogen) atoms. The molecule has 0 aliphatic heterocycles. The van der Waals surface area contributed by atoms with Crippen molar-refractivity contribution in [2.75, 3.05) is 0 Å². The van der Waals surface area contributed by atoms with E-state index in [9.17, 15) is 0 Å². The minimum absolute atomic E-state index is 0.0338. The van der Waals surface area contributed by atoms with Gasteiger partial charge in [-0.15, -0.1) is 0 Å². The Kier molecular flexibility index (Phi) is 3.50. The molecule has 1 aromatic rings. The van der Waals surface area contributed by atoms with Crippen LogP contribution in [-0.2, 0) is 0 Å². The fraction of sp³-hybridized carbons (Fsp3) is 0. The van der Waals surface area contributed by atoms with Gasteiger partial charge in [0.15, 0.2) is 0 Å². The van der Waals surface area contributed by atoms with Crippen LogP contribution in [0.2, 0.25) is 0 Å². The predicted molar refractivity (Wildman–Crippen MR) is 54.5 cm³/mol. The average molecular weight is 195 g/mol. The van der Waals surface area contributed by atoms with Crippen molar-refractivity contribution in [2.45, 2.75) is 0 Å². The summed E-state index contributed by atoms with van der Waals surface area (Å²) in [6.45, 7) is 0. The second kappa shape index (κ2) is 5.08.